The summed E-state index contributed by atoms with van der Waals surface area (Å²) in [5.41, 5.74) is 3.37. The van der Waals surface area contributed by atoms with E-state index in [1.54, 1.807) is 6.20 Å². The van der Waals surface area contributed by atoms with Gasteiger partial charge >= 0.3 is 0 Å². The molecule has 0 aliphatic rings. The molecule has 0 unspecified atom stereocenters. The Balaban J connectivity index is 2.02. The third kappa shape index (κ3) is 2.83. The van der Waals surface area contributed by atoms with Gasteiger partial charge in [-0.3, -0.25) is 4.98 Å². The van der Waals surface area contributed by atoms with Crippen LogP contribution in [0.3, 0.4) is 0 Å². The first kappa shape index (κ1) is 11.1. The van der Waals surface area contributed by atoms with Gasteiger partial charge in [0, 0.05) is 17.2 Å². The van der Waals surface area contributed by atoms with Crippen molar-refractivity contribution in [3.8, 4) is 0 Å². The predicted octanol–water partition coefficient (Wildman–Crippen LogP) is 3.76. The van der Waals surface area contributed by atoms with E-state index in [1.165, 1.54) is 5.56 Å². The van der Waals surface area contributed by atoms with E-state index in [0.717, 1.165) is 22.4 Å². The molecule has 1 aromatic heterocycles. The lowest BCUT2D eigenvalue weighted by Gasteiger charge is -2.08. The number of hydrogen-bond acceptors (Lipinski definition) is 2. The minimum Gasteiger partial charge on any atom is -0.380 e. The van der Waals surface area contributed by atoms with Gasteiger partial charge in [0.25, 0.3) is 0 Å². The van der Waals surface area contributed by atoms with E-state index in [1.807, 2.05) is 31.2 Å². The molecule has 82 valence electrons. The molecule has 0 bridgehead atoms. The van der Waals surface area contributed by atoms with Crippen molar-refractivity contribution in [1.29, 1.82) is 0 Å². The number of aromatic nitrogens is 1. The SMILES string of the molecule is Cc1ncccc1NCc1ccc(Br)cc1. The van der Waals surface area contributed by atoms with E-state index < -0.39 is 0 Å². The molecule has 0 aliphatic carbocycles. The first-order valence-electron chi connectivity index (χ1n) is 5.15. The highest BCUT2D eigenvalue weighted by atomic mass is 79.9. The van der Waals surface area contributed by atoms with Crippen molar-refractivity contribution in [2.45, 2.75) is 13.5 Å². The molecular formula is C13H13BrN2. The Bertz CT molecular complexity index is 466. The van der Waals surface area contributed by atoms with Crippen LogP contribution in [0, 0.1) is 6.92 Å². The molecule has 16 heavy (non-hydrogen) atoms. The Morgan fingerprint density at radius 2 is 1.94 bits per heavy atom. The second kappa shape index (κ2) is 5.12. The van der Waals surface area contributed by atoms with Crippen LogP contribution in [0.5, 0.6) is 0 Å². The number of nitrogens with zero attached hydrogens (tertiary/aromatic N) is 1. The van der Waals surface area contributed by atoms with Gasteiger partial charge in [-0.15, -0.1) is 0 Å². The van der Waals surface area contributed by atoms with Gasteiger partial charge in [-0.2, -0.15) is 0 Å². The maximum absolute atomic E-state index is 4.24. The van der Waals surface area contributed by atoms with Crippen molar-refractivity contribution in [2.75, 3.05) is 5.32 Å². The van der Waals surface area contributed by atoms with Crippen molar-refractivity contribution in [3.05, 3.63) is 58.3 Å². The fraction of sp³-hybridized carbons (Fsp3) is 0.154. The lowest BCUT2D eigenvalue weighted by molar-refractivity contribution is 1.11. The van der Waals surface area contributed by atoms with Crippen molar-refractivity contribution >= 4 is 21.6 Å². The summed E-state index contributed by atoms with van der Waals surface area (Å²) in [5, 5.41) is 3.37. The van der Waals surface area contributed by atoms with Crippen molar-refractivity contribution in [1.82, 2.24) is 4.98 Å². The summed E-state index contributed by atoms with van der Waals surface area (Å²) in [6, 6.07) is 12.3. The van der Waals surface area contributed by atoms with Crippen LogP contribution in [0.1, 0.15) is 11.3 Å². The van der Waals surface area contributed by atoms with Gasteiger partial charge in [-0.05, 0) is 36.8 Å². The topological polar surface area (TPSA) is 24.9 Å². The van der Waals surface area contributed by atoms with Gasteiger partial charge < -0.3 is 5.32 Å². The second-order valence-electron chi connectivity index (χ2n) is 3.62. The lowest BCUT2D eigenvalue weighted by atomic mass is 10.2. The van der Waals surface area contributed by atoms with Crippen LogP contribution in [0.25, 0.3) is 0 Å². The quantitative estimate of drug-likeness (QED) is 0.923. The second-order valence-corrected chi connectivity index (χ2v) is 4.53. The van der Waals surface area contributed by atoms with E-state index in [0.29, 0.717) is 0 Å². The van der Waals surface area contributed by atoms with Crippen LogP contribution in [0.2, 0.25) is 0 Å². The predicted molar refractivity (Wildman–Crippen MR) is 70.4 cm³/mol. The molecule has 0 aliphatic heterocycles. The summed E-state index contributed by atoms with van der Waals surface area (Å²) in [5.74, 6) is 0. The number of hydrogen-bond donors (Lipinski definition) is 1. The van der Waals surface area contributed by atoms with Gasteiger partial charge in [0.1, 0.15) is 0 Å². The minimum atomic E-state index is 0.819. The average molecular weight is 277 g/mol. The molecule has 0 radical (unpaired) electrons. The Hall–Kier alpha value is -1.35. The van der Waals surface area contributed by atoms with Gasteiger partial charge in [0.2, 0.25) is 0 Å². The standard InChI is InChI=1S/C13H13BrN2/c1-10-13(3-2-8-15-10)16-9-11-4-6-12(14)7-5-11/h2-8,16H,9H2,1H3. The first-order chi connectivity index (χ1) is 7.75. The maximum atomic E-state index is 4.24. The third-order valence-corrected chi connectivity index (χ3v) is 2.93. The molecule has 1 heterocycles. The zero-order chi connectivity index (χ0) is 11.4. The number of halogens is 1. The summed E-state index contributed by atoms with van der Waals surface area (Å²) in [6.45, 7) is 2.82. The zero-order valence-corrected chi connectivity index (χ0v) is 10.7. The van der Waals surface area contributed by atoms with Crippen LogP contribution in [-0.2, 0) is 6.54 Å². The van der Waals surface area contributed by atoms with E-state index >= 15 is 0 Å². The average Bonchev–Trinajstić information content (AvgIpc) is 2.30. The van der Waals surface area contributed by atoms with E-state index in [4.69, 9.17) is 0 Å². The maximum Gasteiger partial charge on any atom is 0.0603 e. The Morgan fingerprint density at radius 3 is 2.62 bits per heavy atom. The molecule has 3 heteroatoms. The number of anilines is 1. The molecule has 0 atom stereocenters. The summed E-state index contributed by atoms with van der Waals surface area (Å²) in [4.78, 5) is 4.24. The fourth-order valence-electron chi connectivity index (χ4n) is 1.47. The summed E-state index contributed by atoms with van der Waals surface area (Å²) in [6.07, 6.45) is 1.81. The molecule has 2 nitrogen and oxygen atoms in total. The molecule has 0 saturated heterocycles. The van der Waals surface area contributed by atoms with E-state index in [2.05, 4.69) is 38.4 Å². The highest BCUT2D eigenvalue weighted by molar-refractivity contribution is 9.10. The number of nitrogens with one attached hydrogen (secondary N) is 1. The van der Waals surface area contributed by atoms with Crippen LogP contribution >= 0.6 is 15.9 Å². The van der Waals surface area contributed by atoms with Gasteiger partial charge in [0.05, 0.1) is 11.4 Å². The normalized spacial score (nSPS) is 10.1. The lowest BCUT2D eigenvalue weighted by Crippen LogP contribution is -2.01. The molecule has 0 amide bonds. The Morgan fingerprint density at radius 1 is 1.19 bits per heavy atom. The third-order valence-electron chi connectivity index (χ3n) is 2.40. The molecule has 0 spiro atoms. The van der Waals surface area contributed by atoms with Crippen LogP contribution in [0.4, 0.5) is 5.69 Å². The summed E-state index contributed by atoms with van der Waals surface area (Å²) >= 11 is 3.42. The van der Waals surface area contributed by atoms with Crippen LogP contribution < -0.4 is 5.32 Å². The van der Waals surface area contributed by atoms with Crippen molar-refractivity contribution in [3.63, 3.8) is 0 Å². The van der Waals surface area contributed by atoms with E-state index in [9.17, 15) is 0 Å². The molecule has 0 saturated carbocycles. The molecule has 1 N–H and O–H groups in total. The number of pyridine rings is 1. The van der Waals surface area contributed by atoms with Crippen LogP contribution in [-0.4, -0.2) is 4.98 Å². The Kier molecular flexibility index (Phi) is 3.57. The number of aryl methyl sites for hydroxylation is 1. The van der Waals surface area contributed by atoms with Crippen LogP contribution in [0.15, 0.2) is 47.1 Å². The summed E-state index contributed by atoms with van der Waals surface area (Å²) < 4.78 is 1.11. The van der Waals surface area contributed by atoms with Crippen molar-refractivity contribution < 1.29 is 0 Å². The fourth-order valence-corrected chi connectivity index (χ4v) is 1.73. The zero-order valence-electron chi connectivity index (χ0n) is 9.07. The molecule has 1 aromatic carbocycles. The number of rotatable bonds is 3. The molecule has 0 fully saturated rings. The Labute approximate surface area is 104 Å². The van der Waals surface area contributed by atoms with E-state index in [-0.39, 0.29) is 0 Å². The monoisotopic (exact) mass is 276 g/mol. The van der Waals surface area contributed by atoms with Gasteiger partial charge in [0.15, 0.2) is 0 Å². The number of benzene rings is 1. The minimum absolute atomic E-state index is 0.819. The molecule has 2 aromatic rings. The smallest absolute Gasteiger partial charge is 0.0603 e. The van der Waals surface area contributed by atoms with Crippen molar-refractivity contribution in [2.24, 2.45) is 0 Å². The largest absolute Gasteiger partial charge is 0.380 e. The molecule has 2 rings (SSSR count). The highest BCUT2D eigenvalue weighted by Crippen LogP contribution is 2.14. The molecular weight excluding hydrogens is 264 g/mol. The van der Waals surface area contributed by atoms with Gasteiger partial charge in [-0.25, -0.2) is 0 Å². The summed E-state index contributed by atoms with van der Waals surface area (Å²) in [7, 11) is 0. The van der Waals surface area contributed by atoms with Gasteiger partial charge in [-0.1, -0.05) is 28.1 Å². The highest BCUT2D eigenvalue weighted by Gasteiger charge is 1.97. The first-order valence-corrected chi connectivity index (χ1v) is 5.95.